The lowest BCUT2D eigenvalue weighted by Crippen LogP contribution is -2.25. The number of carbonyl (C=O) groups excluding carboxylic acids is 2. The molecule has 0 saturated heterocycles. The summed E-state index contributed by atoms with van der Waals surface area (Å²) in [4.78, 5) is 43.6. The Labute approximate surface area is 203 Å². The zero-order valence-electron chi connectivity index (χ0n) is 19.2. The van der Waals surface area contributed by atoms with Crippen LogP contribution in [0.1, 0.15) is 27.2 Å². The molecule has 10 heteroatoms. The molecule has 4 rings (SSSR count). The smallest absolute Gasteiger partial charge is 0.416 e. The minimum atomic E-state index is -4.56. The number of alkyl halides is 3. The zero-order valence-corrected chi connectivity index (χ0v) is 19.2. The van der Waals surface area contributed by atoms with Gasteiger partial charge in [0.15, 0.2) is 0 Å². The highest BCUT2D eigenvalue weighted by molar-refractivity contribution is 6.11. The van der Waals surface area contributed by atoms with Crippen molar-refractivity contribution in [1.82, 2.24) is 9.55 Å². The van der Waals surface area contributed by atoms with Gasteiger partial charge in [-0.25, -0.2) is 4.98 Å². The number of benzene rings is 2. The van der Waals surface area contributed by atoms with E-state index in [4.69, 9.17) is 4.74 Å². The molecule has 184 valence electrons. The summed E-state index contributed by atoms with van der Waals surface area (Å²) in [6.45, 7) is 1.29. The minimum Gasteiger partial charge on any atom is -0.496 e. The van der Waals surface area contributed by atoms with Gasteiger partial charge in [-0.3, -0.25) is 14.4 Å². The lowest BCUT2D eigenvalue weighted by molar-refractivity contribution is -0.137. The second-order valence-corrected chi connectivity index (χ2v) is 7.98. The molecule has 1 amide bonds. The number of aryl methyl sites for hydroxylation is 1. The van der Waals surface area contributed by atoms with Crippen LogP contribution in [-0.2, 0) is 17.5 Å². The Balaban J connectivity index is 1.75. The molecule has 2 heterocycles. The number of hydrogen-bond donors (Lipinski definition) is 1. The van der Waals surface area contributed by atoms with Gasteiger partial charge >= 0.3 is 6.18 Å². The highest BCUT2D eigenvalue weighted by Gasteiger charge is 2.30. The highest BCUT2D eigenvalue weighted by Crippen LogP contribution is 2.30. The first-order valence-corrected chi connectivity index (χ1v) is 10.7. The zero-order chi connectivity index (χ0) is 26.0. The summed E-state index contributed by atoms with van der Waals surface area (Å²) in [6.07, 6.45) is -3.33. The largest absolute Gasteiger partial charge is 0.496 e. The maximum atomic E-state index is 13.3. The van der Waals surface area contributed by atoms with Crippen LogP contribution in [0.25, 0.3) is 11.0 Å². The summed E-state index contributed by atoms with van der Waals surface area (Å²) in [5.74, 6) is -0.997. The van der Waals surface area contributed by atoms with Gasteiger partial charge in [0.1, 0.15) is 17.9 Å². The molecule has 4 aromatic rings. The summed E-state index contributed by atoms with van der Waals surface area (Å²) >= 11 is 0. The topological polar surface area (TPSA) is 90.3 Å². The normalized spacial score (nSPS) is 11.4. The fraction of sp³-hybridized carbons (Fsp3) is 0.154. The third-order valence-electron chi connectivity index (χ3n) is 5.44. The second-order valence-electron chi connectivity index (χ2n) is 7.98. The highest BCUT2D eigenvalue weighted by atomic mass is 19.4. The molecule has 0 unspecified atom stereocenters. The van der Waals surface area contributed by atoms with E-state index in [1.54, 1.807) is 31.2 Å². The first kappa shape index (κ1) is 24.6. The first-order chi connectivity index (χ1) is 17.1. The molecule has 0 aliphatic carbocycles. The minimum absolute atomic E-state index is 0.0466. The van der Waals surface area contributed by atoms with Gasteiger partial charge in [0.05, 0.1) is 29.2 Å². The fourth-order valence-corrected chi connectivity index (χ4v) is 3.75. The molecule has 0 radical (unpaired) electrons. The first-order valence-electron chi connectivity index (χ1n) is 10.7. The number of rotatable bonds is 6. The number of ketones is 1. The number of halogens is 3. The van der Waals surface area contributed by atoms with Gasteiger partial charge in [-0.1, -0.05) is 18.2 Å². The van der Waals surface area contributed by atoms with E-state index in [9.17, 15) is 27.6 Å². The number of nitrogens with one attached hydrogen (secondary N) is 1. The van der Waals surface area contributed by atoms with Crippen molar-refractivity contribution < 1.29 is 27.5 Å². The van der Waals surface area contributed by atoms with Gasteiger partial charge in [0.2, 0.25) is 17.1 Å². The van der Waals surface area contributed by atoms with Crippen LogP contribution in [0.2, 0.25) is 0 Å². The van der Waals surface area contributed by atoms with E-state index in [2.05, 4.69) is 10.3 Å². The van der Waals surface area contributed by atoms with Crippen molar-refractivity contribution in [3.63, 3.8) is 0 Å². The van der Waals surface area contributed by atoms with E-state index in [-0.39, 0.29) is 33.6 Å². The lowest BCUT2D eigenvalue weighted by atomic mass is 10.0. The van der Waals surface area contributed by atoms with E-state index in [0.717, 1.165) is 12.1 Å². The van der Waals surface area contributed by atoms with Crippen LogP contribution in [-0.4, -0.2) is 28.4 Å². The van der Waals surface area contributed by atoms with Crippen LogP contribution >= 0.6 is 0 Å². The standard InChI is InChI=1S/C26H20F3N3O4/c1-15-10-11-19-24(35)20(23(34)18-8-3-4-9-21(18)36-2)13-32(25(19)30-15)14-22(33)31-17-7-5-6-16(12-17)26(27,28)29/h3-13H,14H2,1-2H3,(H,31,33). The van der Waals surface area contributed by atoms with E-state index < -0.39 is 35.4 Å². The number of hydrogen-bond acceptors (Lipinski definition) is 5. The van der Waals surface area contributed by atoms with Crippen molar-refractivity contribution in [2.75, 3.05) is 12.4 Å². The molecule has 0 fully saturated rings. The lowest BCUT2D eigenvalue weighted by Gasteiger charge is -2.14. The monoisotopic (exact) mass is 495 g/mol. The van der Waals surface area contributed by atoms with E-state index >= 15 is 0 Å². The number of pyridine rings is 2. The Kier molecular flexibility index (Phi) is 6.61. The predicted octanol–water partition coefficient (Wildman–Crippen LogP) is 4.60. The van der Waals surface area contributed by atoms with E-state index in [1.165, 1.54) is 42.1 Å². The van der Waals surface area contributed by atoms with E-state index in [1.807, 2.05) is 0 Å². The summed E-state index contributed by atoms with van der Waals surface area (Å²) < 4.78 is 45.6. The van der Waals surface area contributed by atoms with Crippen LogP contribution < -0.4 is 15.5 Å². The Bertz CT molecular complexity index is 1540. The van der Waals surface area contributed by atoms with Crippen molar-refractivity contribution >= 4 is 28.4 Å². The summed E-state index contributed by atoms with van der Waals surface area (Å²) in [7, 11) is 1.40. The average molecular weight is 495 g/mol. The van der Waals surface area contributed by atoms with Crippen molar-refractivity contribution in [2.45, 2.75) is 19.6 Å². The number of aromatic nitrogens is 2. The Morgan fingerprint density at radius 3 is 2.50 bits per heavy atom. The van der Waals surface area contributed by atoms with Crippen molar-refractivity contribution in [2.24, 2.45) is 0 Å². The van der Waals surface area contributed by atoms with Crippen LogP contribution in [0.4, 0.5) is 18.9 Å². The van der Waals surface area contributed by atoms with Crippen molar-refractivity contribution in [3.05, 3.63) is 99.5 Å². The number of ether oxygens (including phenoxy) is 1. The van der Waals surface area contributed by atoms with Crippen molar-refractivity contribution in [3.8, 4) is 5.75 Å². The fourth-order valence-electron chi connectivity index (χ4n) is 3.75. The molecule has 0 aliphatic rings. The van der Waals surface area contributed by atoms with Gasteiger partial charge in [-0.2, -0.15) is 13.2 Å². The molecular weight excluding hydrogens is 475 g/mol. The maximum absolute atomic E-state index is 13.3. The number of anilines is 1. The number of methoxy groups -OCH3 is 1. The molecule has 0 saturated carbocycles. The number of nitrogens with zero attached hydrogens (tertiary/aromatic N) is 2. The molecule has 7 nitrogen and oxygen atoms in total. The SMILES string of the molecule is COc1ccccc1C(=O)c1cn(CC(=O)Nc2cccc(C(F)(F)F)c2)c2nc(C)ccc2c1=O. The maximum Gasteiger partial charge on any atom is 0.416 e. The summed E-state index contributed by atoms with van der Waals surface area (Å²) in [5.41, 5.74) is -0.830. The Hall–Kier alpha value is -4.47. The molecule has 0 atom stereocenters. The van der Waals surface area contributed by atoms with Gasteiger partial charge in [-0.05, 0) is 49.4 Å². The molecular formula is C26H20F3N3O4. The number of fused-ring (bicyclic) bond motifs is 1. The third-order valence-corrected chi connectivity index (χ3v) is 5.44. The molecule has 0 spiro atoms. The van der Waals surface area contributed by atoms with Crippen LogP contribution in [0.5, 0.6) is 5.75 Å². The Morgan fingerprint density at radius 2 is 1.78 bits per heavy atom. The summed E-state index contributed by atoms with van der Waals surface area (Å²) in [6, 6.07) is 13.8. The van der Waals surface area contributed by atoms with Crippen LogP contribution in [0.3, 0.4) is 0 Å². The van der Waals surface area contributed by atoms with Crippen molar-refractivity contribution in [1.29, 1.82) is 0 Å². The number of carbonyl (C=O) groups is 2. The Morgan fingerprint density at radius 1 is 1.03 bits per heavy atom. The molecule has 0 bridgehead atoms. The third kappa shape index (κ3) is 4.97. The average Bonchev–Trinajstić information content (AvgIpc) is 2.84. The number of para-hydroxylation sites is 1. The van der Waals surface area contributed by atoms with Gasteiger partial charge in [0, 0.05) is 17.6 Å². The van der Waals surface area contributed by atoms with Gasteiger partial charge < -0.3 is 14.6 Å². The van der Waals surface area contributed by atoms with Crippen LogP contribution in [0.15, 0.2) is 71.7 Å². The van der Waals surface area contributed by atoms with Gasteiger partial charge in [0.25, 0.3) is 0 Å². The van der Waals surface area contributed by atoms with Gasteiger partial charge in [-0.15, -0.1) is 0 Å². The molecule has 1 N–H and O–H groups in total. The molecule has 0 aliphatic heterocycles. The predicted molar refractivity (Wildman–Crippen MR) is 127 cm³/mol. The van der Waals surface area contributed by atoms with E-state index in [0.29, 0.717) is 5.69 Å². The number of amides is 1. The quantitative estimate of drug-likeness (QED) is 0.395. The molecule has 2 aromatic heterocycles. The molecule has 2 aromatic carbocycles. The van der Waals surface area contributed by atoms with Crippen LogP contribution in [0, 0.1) is 6.92 Å². The second kappa shape index (κ2) is 9.65. The molecule has 36 heavy (non-hydrogen) atoms. The summed E-state index contributed by atoms with van der Waals surface area (Å²) in [5, 5.41) is 2.54.